The van der Waals surface area contributed by atoms with Gasteiger partial charge >= 0.3 is 0 Å². The van der Waals surface area contributed by atoms with E-state index in [1.807, 2.05) is 12.1 Å². The monoisotopic (exact) mass is 325 g/mol. The van der Waals surface area contributed by atoms with Crippen LogP contribution in [0, 0.1) is 0 Å². The smallest absolute Gasteiger partial charge is 0.237 e. The molecule has 0 saturated carbocycles. The van der Waals surface area contributed by atoms with E-state index in [0.717, 1.165) is 5.69 Å². The summed E-state index contributed by atoms with van der Waals surface area (Å²) in [6.45, 7) is 0.0814. The summed E-state index contributed by atoms with van der Waals surface area (Å²) in [5.41, 5.74) is 1.49. The molecule has 3 rings (SSSR count). The Morgan fingerprint density at radius 2 is 2.05 bits per heavy atom. The maximum Gasteiger partial charge on any atom is 0.237 e. The van der Waals surface area contributed by atoms with E-state index in [1.54, 1.807) is 35.4 Å². The number of nitrogens with zero attached hydrogens (tertiary/aromatic N) is 3. The van der Waals surface area contributed by atoms with Crippen LogP contribution in [-0.2, 0) is 13.8 Å². The third-order valence-electron chi connectivity index (χ3n) is 3.43. The molecular formula is C13H12ClN3O3S. The predicted octanol–water partition coefficient (Wildman–Crippen LogP) is 1.55. The number of carbonyl (C=O) groups is 1. The largest absolute Gasteiger partial charge is 0.311 e. The summed E-state index contributed by atoms with van der Waals surface area (Å²) in [4.78, 5) is 17.4. The lowest BCUT2D eigenvalue weighted by molar-refractivity contribution is -0.117. The molecule has 2 aromatic rings. The Morgan fingerprint density at radius 3 is 2.67 bits per heavy atom. The first-order chi connectivity index (χ1) is 9.95. The van der Waals surface area contributed by atoms with Gasteiger partial charge in [-0.25, -0.2) is 13.4 Å². The maximum atomic E-state index is 12.0. The average molecular weight is 326 g/mol. The zero-order valence-electron chi connectivity index (χ0n) is 10.9. The minimum atomic E-state index is -3.74. The van der Waals surface area contributed by atoms with Gasteiger partial charge in [0.2, 0.25) is 15.0 Å². The lowest BCUT2D eigenvalue weighted by Gasteiger charge is -2.17. The number of amides is 1. The molecule has 1 aromatic heterocycles. The Kier molecular flexibility index (Phi) is 3.46. The molecule has 0 N–H and O–H groups in total. The molecule has 1 atom stereocenters. The standard InChI is InChI=1S/C13H12ClN3O3S/c14-21(19,20)12-7-13(18)17(8-12)11-3-1-2-10(6-11)16-5-4-15-9-16/h1-6,9,12H,7-8H2. The van der Waals surface area contributed by atoms with Crippen molar-refractivity contribution in [1.29, 1.82) is 0 Å². The maximum absolute atomic E-state index is 12.0. The Bertz CT molecular complexity index is 774. The molecule has 1 aliphatic rings. The van der Waals surface area contributed by atoms with Crippen molar-refractivity contribution in [2.45, 2.75) is 11.7 Å². The second-order valence-corrected chi connectivity index (χ2v) is 7.70. The highest BCUT2D eigenvalue weighted by molar-refractivity contribution is 8.14. The van der Waals surface area contributed by atoms with Gasteiger partial charge < -0.3 is 9.47 Å². The minimum absolute atomic E-state index is 0.0814. The summed E-state index contributed by atoms with van der Waals surface area (Å²) >= 11 is 0. The number of carbonyl (C=O) groups excluding carboxylic acids is 1. The van der Waals surface area contributed by atoms with Gasteiger partial charge in [0, 0.05) is 47.4 Å². The molecule has 0 aliphatic carbocycles. The lowest BCUT2D eigenvalue weighted by atomic mass is 10.2. The van der Waals surface area contributed by atoms with Gasteiger partial charge in [0.1, 0.15) is 5.25 Å². The van der Waals surface area contributed by atoms with E-state index in [0.29, 0.717) is 5.69 Å². The van der Waals surface area contributed by atoms with Gasteiger partial charge in [-0.05, 0) is 18.2 Å². The fourth-order valence-corrected chi connectivity index (χ4v) is 3.37. The summed E-state index contributed by atoms with van der Waals surface area (Å²) in [6.07, 6.45) is 5.01. The van der Waals surface area contributed by atoms with Crippen molar-refractivity contribution in [3.05, 3.63) is 43.0 Å². The molecule has 0 spiro atoms. The Morgan fingerprint density at radius 1 is 1.29 bits per heavy atom. The molecule has 6 nitrogen and oxygen atoms in total. The summed E-state index contributed by atoms with van der Waals surface area (Å²) in [5, 5.41) is -0.858. The van der Waals surface area contributed by atoms with Gasteiger partial charge in [-0.15, -0.1) is 0 Å². The lowest BCUT2D eigenvalue weighted by Crippen LogP contribution is -2.26. The van der Waals surface area contributed by atoms with Crippen LogP contribution in [0.25, 0.3) is 5.69 Å². The van der Waals surface area contributed by atoms with Gasteiger partial charge in [0.25, 0.3) is 0 Å². The highest BCUT2D eigenvalue weighted by Crippen LogP contribution is 2.27. The van der Waals surface area contributed by atoms with Gasteiger partial charge in [-0.2, -0.15) is 0 Å². The van der Waals surface area contributed by atoms with Crippen LogP contribution in [0.5, 0.6) is 0 Å². The number of aromatic nitrogens is 2. The van der Waals surface area contributed by atoms with Crippen molar-refractivity contribution < 1.29 is 13.2 Å². The van der Waals surface area contributed by atoms with Crippen molar-refractivity contribution in [2.75, 3.05) is 11.4 Å². The Labute approximate surface area is 126 Å². The SMILES string of the molecule is O=C1CC(S(=O)(=O)Cl)CN1c1cccc(-n2ccnc2)c1. The second-order valence-electron chi connectivity index (χ2n) is 4.80. The van der Waals surface area contributed by atoms with E-state index >= 15 is 0 Å². The Balaban J connectivity index is 1.91. The molecule has 1 fully saturated rings. The fourth-order valence-electron chi connectivity index (χ4n) is 2.35. The van der Waals surface area contributed by atoms with Crippen molar-refractivity contribution in [3.8, 4) is 5.69 Å². The van der Waals surface area contributed by atoms with Crippen molar-refractivity contribution in [3.63, 3.8) is 0 Å². The third-order valence-corrected chi connectivity index (χ3v) is 5.30. The van der Waals surface area contributed by atoms with Crippen molar-refractivity contribution in [1.82, 2.24) is 9.55 Å². The molecule has 110 valence electrons. The van der Waals surface area contributed by atoms with Crippen molar-refractivity contribution in [2.24, 2.45) is 0 Å². The summed E-state index contributed by atoms with van der Waals surface area (Å²) in [5.74, 6) is -0.244. The number of hydrogen-bond acceptors (Lipinski definition) is 4. The summed E-state index contributed by atoms with van der Waals surface area (Å²) in [6, 6.07) is 7.26. The predicted molar refractivity (Wildman–Crippen MR) is 79.1 cm³/mol. The van der Waals surface area contributed by atoms with E-state index < -0.39 is 14.3 Å². The van der Waals surface area contributed by atoms with Crippen LogP contribution in [0.3, 0.4) is 0 Å². The van der Waals surface area contributed by atoms with Crippen LogP contribution in [0.4, 0.5) is 5.69 Å². The number of benzene rings is 1. The number of hydrogen-bond donors (Lipinski definition) is 0. The van der Waals surface area contributed by atoms with Crippen LogP contribution >= 0.6 is 10.7 Å². The molecule has 1 saturated heterocycles. The highest BCUT2D eigenvalue weighted by atomic mass is 35.7. The van der Waals surface area contributed by atoms with Crippen LogP contribution in [0.2, 0.25) is 0 Å². The topological polar surface area (TPSA) is 72.3 Å². The van der Waals surface area contributed by atoms with Crippen LogP contribution in [0.1, 0.15) is 6.42 Å². The molecule has 8 heteroatoms. The van der Waals surface area contributed by atoms with Gasteiger partial charge in [0.15, 0.2) is 0 Å². The Hall–Kier alpha value is -1.86. The van der Waals surface area contributed by atoms with Crippen LogP contribution in [0.15, 0.2) is 43.0 Å². The van der Waals surface area contributed by atoms with Crippen LogP contribution < -0.4 is 4.90 Å². The molecule has 0 bridgehead atoms. The average Bonchev–Trinajstić information content (AvgIpc) is 3.07. The molecule has 1 aliphatic heterocycles. The number of imidazole rings is 1. The van der Waals surface area contributed by atoms with Crippen molar-refractivity contribution >= 4 is 31.3 Å². The number of rotatable bonds is 3. The van der Waals surface area contributed by atoms with E-state index in [9.17, 15) is 13.2 Å². The first-order valence-corrected chi connectivity index (χ1v) is 8.64. The summed E-state index contributed by atoms with van der Waals surface area (Å²) in [7, 11) is 1.62. The third kappa shape index (κ3) is 2.79. The normalized spacial score (nSPS) is 19.2. The summed E-state index contributed by atoms with van der Waals surface area (Å²) < 4.78 is 24.6. The number of anilines is 1. The van der Waals surface area contributed by atoms with E-state index in [4.69, 9.17) is 10.7 Å². The zero-order chi connectivity index (χ0) is 15.0. The molecule has 1 unspecified atom stereocenters. The quantitative estimate of drug-likeness (QED) is 0.803. The van der Waals surface area contributed by atoms with E-state index in [2.05, 4.69) is 4.98 Å². The number of halogens is 1. The van der Waals surface area contributed by atoms with E-state index in [1.165, 1.54) is 4.90 Å². The molecule has 1 amide bonds. The van der Waals surface area contributed by atoms with Gasteiger partial charge in [-0.1, -0.05) is 6.07 Å². The molecule has 2 heterocycles. The zero-order valence-corrected chi connectivity index (χ0v) is 12.5. The first-order valence-electron chi connectivity index (χ1n) is 6.27. The molecule has 1 aromatic carbocycles. The first kappa shape index (κ1) is 14.1. The molecular weight excluding hydrogens is 314 g/mol. The molecule has 0 radical (unpaired) electrons. The van der Waals surface area contributed by atoms with Crippen LogP contribution in [-0.4, -0.2) is 35.7 Å². The van der Waals surface area contributed by atoms with E-state index in [-0.39, 0.29) is 18.9 Å². The highest BCUT2D eigenvalue weighted by Gasteiger charge is 2.38. The second kappa shape index (κ2) is 5.16. The molecule has 21 heavy (non-hydrogen) atoms. The minimum Gasteiger partial charge on any atom is -0.311 e. The van der Waals surface area contributed by atoms with Gasteiger partial charge in [-0.3, -0.25) is 4.79 Å². The van der Waals surface area contributed by atoms with Gasteiger partial charge in [0.05, 0.1) is 6.33 Å². The fraction of sp³-hybridized carbons (Fsp3) is 0.231.